The third-order valence-electron chi connectivity index (χ3n) is 6.10. The first-order valence-electron chi connectivity index (χ1n) is 10.6. The number of carbonyl (C=O) groups excluding carboxylic acids is 1. The average Bonchev–Trinajstić information content (AvgIpc) is 3.32. The molecule has 2 aliphatic rings. The molecule has 0 radical (unpaired) electrons. The molecule has 2 aliphatic heterocycles. The van der Waals surface area contributed by atoms with Gasteiger partial charge in [-0.1, -0.05) is 0 Å². The van der Waals surface area contributed by atoms with Crippen molar-refractivity contribution in [3.63, 3.8) is 0 Å². The van der Waals surface area contributed by atoms with Crippen LogP contribution in [0.15, 0.2) is 24.3 Å². The SMILES string of the molecule is Cc1ccc2c(N)c(C(=O)N[C@H]3COc4nc(N5C[C@H](CF)[C@@H](N)C5)ccc4C3)sc2n1. The predicted octanol–water partition coefficient (Wildman–Crippen LogP) is 2.05. The number of thiophene rings is 1. The summed E-state index contributed by atoms with van der Waals surface area (Å²) in [5, 5.41) is 3.82. The number of nitrogen functional groups attached to an aromatic ring is 1. The minimum atomic E-state index is -0.430. The van der Waals surface area contributed by atoms with E-state index < -0.39 is 6.67 Å². The summed E-state index contributed by atoms with van der Waals surface area (Å²) in [7, 11) is 0. The lowest BCUT2D eigenvalue weighted by Crippen LogP contribution is -2.43. The maximum Gasteiger partial charge on any atom is 0.263 e. The number of ether oxygens (including phenoxy) is 1. The van der Waals surface area contributed by atoms with Gasteiger partial charge in [-0.3, -0.25) is 9.18 Å². The summed E-state index contributed by atoms with van der Waals surface area (Å²) < 4.78 is 18.9. The molecule has 1 amide bonds. The van der Waals surface area contributed by atoms with Gasteiger partial charge in [-0.2, -0.15) is 4.98 Å². The van der Waals surface area contributed by atoms with Gasteiger partial charge in [0.05, 0.1) is 18.4 Å². The number of halogens is 1. The van der Waals surface area contributed by atoms with E-state index in [1.165, 1.54) is 11.3 Å². The highest BCUT2D eigenvalue weighted by Gasteiger charge is 2.32. The van der Waals surface area contributed by atoms with E-state index >= 15 is 0 Å². The first-order valence-corrected chi connectivity index (χ1v) is 11.4. The highest BCUT2D eigenvalue weighted by Crippen LogP contribution is 2.33. The molecule has 3 aromatic heterocycles. The van der Waals surface area contributed by atoms with Crippen LogP contribution >= 0.6 is 11.3 Å². The fourth-order valence-electron chi connectivity index (χ4n) is 4.27. The van der Waals surface area contributed by atoms with Gasteiger partial charge < -0.3 is 26.4 Å². The Labute approximate surface area is 188 Å². The molecule has 0 aliphatic carbocycles. The largest absolute Gasteiger partial charge is 0.475 e. The number of nitrogens with one attached hydrogen (secondary N) is 1. The number of aromatic nitrogens is 2. The second kappa shape index (κ2) is 8.18. The van der Waals surface area contributed by atoms with E-state index in [0.717, 1.165) is 27.3 Å². The minimum Gasteiger partial charge on any atom is -0.475 e. The van der Waals surface area contributed by atoms with Crippen molar-refractivity contribution in [1.82, 2.24) is 15.3 Å². The number of amides is 1. The lowest BCUT2D eigenvalue weighted by molar-refractivity contribution is 0.0918. The molecule has 0 spiro atoms. The van der Waals surface area contributed by atoms with Gasteiger partial charge in [0.1, 0.15) is 22.1 Å². The summed E-state index contributed by atoms with van der Waals surface area (Å²) in [6, 6.07) is 7.24. The second-order valence-corrected chi connectivity index (χ2v) is 9.45. The molecule has 10 heteroatoms. The molecule has 3 aromatic rings. The highest BCUT2D eigenvalue weighted by molar-refractivity contribution is 7.21. The monoisotopic (exact) mass is 456 g/mol. The summed E-state index contributed by atoms with van der Waals surface area (Å²) in [4.78, 5) is 25.2. The summed E-state index contributed by atoms with van der Waals surface area (Å²) in [5.74, 6) is 0.881. The number of rotatable bonds is 4. The van der Waals surface area contributed by atoms with E-state index in [1.54, 1.807) is 0 Å². The zero-order valence-electron chi connectivity index (χ0n) is 17.7. The lowest BCUT2D eigenvalue weighted by Gasteiger charge is -2.27. The Bertz CT molecular complexity index is 1180. The van der Waals surface area contributed by atoms with Crippen molar-refractivity contribution in [2.75, 3.05) is 37.0 Å². The van der Waals surface area contributed by atoms with E-state index in [-0.39, 0.29) is 23.9 Å². The molecule has 0 aromatic carbocycles. The Morgan fingerprint density at radius 3 is 2.94 bits per heavy atom. The van der Waals surface area contributed by atoms with Crippen molar-refractivity contribution in [2.24, 2.45) is 11.7 Å². The zero-order chi connectivity index (χ0) is 22.4. The Balaban J connectivity index is 1.28. The van der Waals surface area contributed by atoms with Crippen LogP contribution in [0.1, 0.15) is 20.9 Å². The van der Waals surface area contributed by atoms with Crippen LogP contribution in [0.3, 0.4) is 0 Å². The van der Waals surface area contributed by atoms with E-state index in [4.69, 9.17) is 16.2 Å². The fourth-order valence-corrected chi connectivity index (χ4v) is 5.31. The molecular weight excluding hydrogens is 431 g/mol. The number of nitrogens with two attached hydrogens (primary N) is 2. The predicted molar refractivity (Wildman–Crippen MR) is 123 cm³/mol. The summed E-state index contributed by atoms with van der Waals surface area (Å²) >= 11 is 1.29. The van der Waals surface area contributed by atoms with Crippen molar-refractivity contribution >= 4 is 39.0 Å². The number of aryl methyl sites for hydroxylation is 1. The van der Waals surface area contributed by atoms with Gasteiger partial charge in [-0.15, -0.1) is 11.3 Å². The van der Waals surface area contributed by atoms with Crippen LogP contribution in [-0.4, -0.2) is 54.3 Å². The molecule has 168 valence electrons. The molecular formula is C22H25FN6O2S. The molecule has 8 nitrogen and oxygen atoms in total. The molecule has 32 heavy (non-hydrogen) atoms. The van der Waals surface area contributed by atoms with Crippen LogP contribution < -0.4 is 26.4 Å². The van der Waals surface area contributed by atoms with Gasteiger partial charge in [0.2, 0.25) is 5.88 Å². The summed E-state index contributed by atoms with van der Waals surface area (Å²) in [5.41, 5.74) is 14.5. The molecule has 1 saturated heterocycles. The molecule has 5 N–H and O–H groups in total. The molecule has 3 atom stereocenters. The normalized spacial score (nSPS) is 22.6. The van der Waals surface area contributed by atoms with Gasteiger partial charge >= 0.3 is 0 Å². The van der Waals surface area contributed by atoms with Crippen molar-refractivity contribution < 1.29 is 13.9 Å². The van der Waals surface area contributed by atoms with Gasteiger partial charge in [0.25, 0.3) is 5.91 Å². The minimum absolute atomic E-state index is 0.172. The number of alkyl halides is 1. The van der Waals surface area contributed by atoms with Gasteiger partial charge in [0.15, 0.2) is 0 Å². The van der Waals surface area contributed by atoms with Crippen LogP contribution in [0, 0.1) is 12.8 Å². The Kier molecular flexibility index (Phi) is 5.34. The van der Waals surface area contributed by atoms with Crippen LogP contribution in [0.25, 0.3) is 10.2 Å². The highest BCUT2D eigenvalue weighted by atomic mass is 32.1. The van der Waals surface area contributed by atoms with Crippen molar-refractivity contribution in [3.05, 3.63) is 40.4 Å². The standard InChI is InChI=1S/C22H25FN6O2S/c1-11-2-4-15-18(25)19(32-22(15)26-11)20(30)27-14-6-12-3-5-17(28-21(12)31-10-14)29-8-13(7-23)16(24)9-29/h2-5,13-14,16H,6-10,24-25H2,1H3,(H,27,30)/t13-,14+,16-/m0/s1. The number of carbonyl (C=O) groups is 1. The van der Waals surface area contributed by atoms with Gasteiger partial charge in [0, 0.05) is 48.1 Å². The number of anilines is 2. The van der Waals surface area contributed by atoms with Crippen molar-refractivity contribution in [2.45, 2.75) is 25.4 Å². The third kappa shape index (κ3) is 3.73. The number of pyridine rings is 2. The molecule has 5 rings (SSSR count). The maximum absolute atomic E-state index is 13.1. The van der Waals surface area contributed by atoms with Crippen LogP contribution in [0.5, 0.6) is 5.88 Å². The Morgan fingerprint density at radius 1 is 1.31 bits per heavy atom. The van der Waals surface area contributed by atoms with Crippen molar-refractivity contribution in [3.8, 4) is 5.88 Å². The first-order chi connectivity index (χ1) is 15.4. The van der Waals surface area contributed by atoms with Crippen LogP contribution in [0.4, 0.5) is 15.9 Å². The zero-order valence-corrected chi connectivity index (χ0v) is 18.5. The van der Waals surface area contributed by atoms with E-state index in [0.29, 0.717) is 42.6 Å². The topological polar surface area (TPSA) is 119 Å². The second-order valence-electron chi connectivity index (χ2n) is 8.45. The van der Waals surface area contributed by atoms with Gasteiger partial charge in [-0.25, -0.2) is 4.98 Å². The quantitative estimate of drug-likeness (QED) is 0.550. The smallest absolute Gasteiger partial charge is 0.263 e. The number of hydrogen-bond acceptors (Lipinski definition) is 8. The fraction of sp³-hybridized carbons (Fsp3) is 0.409. The Morgan fingerprint density at radius 2 is 2.16 bits per heavy atom. The van der Waals surface area contributed by atoms with Crippen LogP contribution in [0.2, 0.25) is 0 Å². The van der Waals surface area contributed by atoms with Crippen LogP contribution in [-0.2, 0) is 6.42 Å². The molecule has 0 saturated carbocycles. The maximum atomic E-state index is 13.1. The van der Waals surface area contributed by atoms with Gasteiger partial charge in [-0.05, 0) is 31.2 Å². The Hall–Kier alpha value is -2.98. The molecule has 5 heterocycles. The van der Waals surface area contributed by atoms with E-state index in [9.17, 15) is 9.18 Å². The van der Waals surface area contributed by atoms with Crippen molar-refractivity contribution in [1.29, 1.82) is 0 Å². The number of nitrogens with zero attached hydrogens (tertiary/aromatic N) is 3. The average molecular weight is 457 g/mol. The third-order valence-corrected chi connectivity index (χ3v) is 7.21. The number of hydrogen-bond donors (Lipinski definition) is 3. The molecule has 0 unspecified atom stereocenters. The summed E-state index contributed by atoms with van der Waals surface area (Å²) in [6.45, 7) is 2.91. The van der Waals surface area contributed by atoms with E-state index in [1.807, 2.05) is 36.1 Å². The summed E-state index contributed by atoms with van der Waals surface area (Å²) in [6.07, 6.45) is 0.600. The van der Waals surface area contributed by atoms with E-state index in [2.05, 4.69) is 15.3 Å². The lowest BCUT2D eigenvalue weighted by atomic mass is 10.1. The molecule has 0 bridgehead atoms. The molecule has 1 fully saturated rings. The number of fused-ring (bicyclic) bond motifs is 2. The first kappa shape index (κ1) is 20.9.